The van der Waals surface area contributed by atoms with Crippen LogP contribution in [0.15, 0.2) is 36.7 Å². The number of nitrogens with zero attached hydrogens (tertiary/aromatic N) is 1. The Morgan fingerprint density at radius 1 is 1.12 bits per heavy atom. The van der Waals surface area contributed by atoms with Gasteiger partial charge in [0.15, 0.2) is 0 Å². The van der Waals surface area contributed by atoms with Crippen LogP contribution in [0.4, 0.5) is 0 Å². The largest absolute Gasteiger partial charge is 0.320 e. The zero-order valence-electron chi connectivity index (χ0n) is 9.94. The number of pyridine rings is 1. The third kappa shape index (κ3) is 2.65. The van der Waals surface area contributed by atoms with Gasteiger partial charge in [-0.05, 0) is 42.2 Å². The van der Waals surface area contributed by atoms with Crippen molar-refractivity contribution in [1.82, 2.24) is 4.98 Å². The van der Waals surface area contributed by atoms with Gasteiger partial charge in [0.25, 0.3) is 0 Å². The first-order valence-electron chi connectivity index (χ1n) is 5.51. The predicted molar refractivity (Wildman–Crippen MR) is 71.2 cm³/mol. The van der Waals surface area contributed by atoms with Crippen LogP contribution in [-0.2, 0) is 0 Å². The molecule has 0 bridgehead atoms. The molecule has 1 atom stereocenters. The molecule has 2 N–H and O–H groups in total. The van der Waals surface area contributed by atoms with Gasteiger partial charge in [-0.2, -0.15) is 0 Å². The van der Waals surface area contributed by atoms with Crippen molar-refractivity contribution in [3.8, 4) is 0 Å². The Morgan fingerprint density at radius 3 is 2.53 bits per heavy atom. The first-order valence-corrected chi connectivity index (χ1v) is 5.89. The lowest BCUT2D eigenvalue weighted by molar-refractivity contribution is 0.859. The molecule has 2 nitrogen and oxygen atoms in total. The van der Waals surface area contributed by atoms with E-state index in [0.717, 1.165) is 27.3 Å². The van der Waals surface area contributed by atoms with Crippen LogP contribution in [-0.4, -0.2) is 4.98 Å². The van der Waals surface area contributed by atoms with E-state index in [0.29, 0.717) is 0 Å². The Bertz CT molecular complexity index is 537. The maximum absolute atomic E-state index is 6.22. The standard InChI is InChI=1S/C14H15ClN2/c1-9-5-12(8-17-7-9)14(16)11-3-4-13(15)10(2)6-11/h3-8,14H,16H2,1-2H3. The van der Waals surface area contributed by atoms with Gasteiger partial charge in [-0.25, -0.2) is 0 Å². The van der Waals surface area contributed by atoms with Gasteiger partial charge in [0, 0.05) is 17.4 Å². The average Bonchev–Trinajstić information content (AvgIpc) is 2.32. The molecule has 0 radical (unpaired) electrons. The molecule has 3 heteroatoms. The van der Waals surface area contributed by atoms with Gasteiger partial charge < -0.3 is 5.73 Å². The van der Waals surface area contributed by atoms with E-state index in [1.165, 1.54) is 0 Å². The molecule has 17 heavy (non-hydrogen) atoms. The fourth-order valence-electron chi connectivity index (χ4n) is 1.80. The normalized spacial score (nSPS) is 12.5. The highest BCUT2D eigenvalue weighted by Crippen LogP contribution is 2.23. The number of hydrogen-bond donors (Lipinski definition) is 1. The molecule has 0 aliphatic carbocycles. The molecule has 0 aliphatic rings. The molecule has 2 rings (SSSR count). The first-order chi connectivity index (χ1) is 8.08. The maximum Gasteiger partial charge on any atom is 0.0567 e. The van der Waals surface area contributed by atoms with Crippen molar-refractivity contribution in [3.05, 3.63) is 63.9 Å². The number of benzene rings is 1. The third-order valence-electron chi connectivity index (χ3n) is 2.80. The van der Waals surface area contributed by atoms with Crippen molar-refractivity contribution < 1.29 is 0 Å². The van der Waals surface area contributed by atoms with E-state index in [1.54, 1.807) is 0 Å². The molecular weight excluding hydrogens is 232 g/mol. The molecule has 0 fully saturated rings. The minimum atomic E-state index is -0.154. The van der Waals surface area contributed by atoms with Crippen LogP contribution in [0.25, 0.3) is 0 Å². The second kappa shape index (κ2) is 4.86. The molecule has 1 heterocycles. The lowest BCUT2D eigenvalue weighted by Gasteiger charge is -2.13. The van der Waals surface area contributed by atoms with Crippen LogP contribution in [0.5, 0.6) is 0 Å². The van der Waals surface area contributed by atoms with E-state index in [9.17, 15) is 0 Å². The Kier molecular flexibility index (Phi) is 3.46. The van der Waals surface area contributed by atoms with E-state index in [1.807, 2.05) is 44.4 Å². The third-order valence-corrected chi connectivity index (χ3v) is 3.22. The molecule has 0 aliphatic heterocycles. The van der Waals surface area contributed by atoms with Gasteiger partial charge in [0.2, 0.25) is 0 Å². The topological polar surface area (TPSA) is 38.9 Å². The van der Waals surface area contributed by atoms with E-state index in [-0.39, 0.29) is 6.04 Å². The number of aryl methyl sites for hydroxylation is 2. The molecule has 0 spiro atoms. The monoisotopic (exact) mass is 246 g/mol. The molecular formula is C14H15ClN2. The van der Waals surface area contributed by atoms with Crippen molar-refractivity contribution in [2.45, 2.75) is 19.9 Å². The number of rotatable bonds is 2. The van der Waals surface area contributed by atoms with Crippen LogP contribution >= 0.6 is 11.6 Å². The van der Waals surface area contributed by atoms with Gasteiger partial charge in [-0.3, -0.25) is 4.98 Å². The summed E-state index contributed by atoms with van der Waals surface area (Å²) in [4.78, 5) is 4.16. The van der Waals surface area contributed by atoms with Crippen LogP contribution in [0.3, 0.4) is 0 Å². The summed E-state index contributed by atoms with van der Waals surface area (Å²) in [6, 6.07) is 7.77. The van der Waals surface area contributed by atoms with Crippen molar-refractivity contribution in [2.24, 2.45) is 5.73 Å². The highest BCUT2D eigenvalue weighted by atomic mass is 35.5. The summed E-state index contributed by atoms with van der Waals surface area (Å²) in [5.41, 5.74) is 10.5. The highest BCUT2D eigenvalue weighted by Gasteiger charge is 2.10. The van der Waals surface area contributed by atoms with E-state index in [2.05, 4.69) is 11.1 Å². The number of aromatic nitrogens is 1. The number of hydrogen-bond acceptors (Lipinski definition) is 2. The van der Waals surface area contributed by atoms with Crippen LogP contribution in [0.1, 0.15) is 28.3 Å². The smallest absolute Gasteiger partial charge is 0.0567 e. The first kappa shape index (κ1) is 12.1. The Balaban J connectivity index is 2.36. The Labute approximate surface area is 106 Å². The second-order valence-corrected chi connectivity index (χ2v) is 4.69. The summed E-state index contributed by atoms with van der Waals surface area (Å²) in [5.74, 6) is 0. The van der Waals surface area contributed by atoms with E-state index >= 15 is 0 Å². The number of nitrogens with two attached hydrogens (primary N) is 1. The zero-order valence-corrected chi connectivity index (χ0v) is 10.7. The number of halogens is 1. The van der Waals surface area contributed by atoms with Gasteiger partial charge >= 0.3 is 0 Å². The minimum Gasteiger partial charge on any atom is -0.320 e. The van der Waals surface area contributed by atoms with Crippen LogP contribution < -0.4 is 5.73 Å². The van der Waals surface area contributed by atoms with Crippen molar-refractivity contribution in [3.63, 3.8) is 0 Å². The van der Waals surface area contributed by atoms with Gasteiger partial charge in [-0.1, -0.05) is 29.8 Å². The van der Waals surface area contributed by atoms with Crippen molar-refractivity contribution in [2.75, 3.05) is 0 Å². The van der Waals surface area contributed by atoms with E-state index < -0.39 is 0 Å². The highest BCUT2D eigenvalue weighted by molar-refractivity contribution is 6.31. The van der Waals surface area contributed by atoms with Crippen LogP contribution in [0, 0.1) is 13.8 Å². The Morgan fingerprint density at radius 2 is 1.88 bits per heavy atom. The fraction of sp³-hybridized carbons (Fsp3) is 0.214. The predicted octanol–water partition coefficient (Wildman–Crippen LogP) is 3.40. The van der Waals surface area contributed by atoms with E-state index in [4.69, 9.17) is 17.3 Å². The molecule has 1 aromatic carbocycles. The van der Waals surface area contributed by atoms with Gasteiger partial charge in [0.05, 0.1) is 6.04 Å². The van der Waals surface area contributed by atoms with Crippen LogP contribution in [0.2, 0.25) is 5.02 Å². The summed E-state index contributed by atoms with van der Waals surface area (Å²) in [6.45, 7) is 3.99. The lowest BCUT2D eigenvalue weighted by Crippen LogP contribution is -2.12. The summed E-state index contributed by atoms with van der Waals surface area (Å²) < 4.78 is 0. The Hall–Kier alpha value is -1.38. The molecule has 2 aromatic rings. The summed E-state index contributed by atoms with van der Waals surface area (Å²) in [7, 11) is 0. The molecule has 0 saturated carbocycles. The SMILES string of the molecule is Cc1cncc(C(N)c2ccc(Cl)c(C)c2)c1. The lowest BCUT2D eigenvalue weighted by atomic mass is 9.99. The van der Waals surface area contributed by atoms with Gasteiger partial charge in [-0.15, -0.1) is 0 Å². The molecule has 1 aromatic heterocycles. The zero-order chi connectivity index (χ0) is 12.4. The van der Waals surface area contributed by atoms with Crippen molar-refractivity contribution in [1.29, 1.82) is 0 Å². The fourth-order valence-corrected chi connectivity index (χ4v) is 1.92. The van der Waals surface area contributed by atoms with Gasteiger partial charge in [0.1, 0.15) is 0 Å². The molecule has 88 valence electrons. The van der Waals surface area contributed by atoms with Crippen molar-refractivity contribution >= 4 is 11.6 Å². The second-order valence-electron chi connectivity index (χ2n) is 4.28. The summed E-state index contributed by atoms with van der Waals surface area (Å²) in [5, 5.41) is 0.767. The summed E-state index contributed by atoms with van der Waals surface area (Å²) in [6.07, 6.45) is 3.63. The minimum absolute atomic E-state index is 0.154. The maximum atomic E-state index is 6.22. The summed E-state index contributed by atoms with van der Waals surface area (Å²) >= 11 is 6.00. The molecule has 0 saturated heterocycles. The molecule has 0 amide bonds. The average molecular weight is 247 g/mol. The quantitative estimate of drug-likeness (QED) is 0.882. The molecule has 1 unspecified atom stereocenters.